The molecule has 2 N–H and O–H groups in total. The lowest BCUT2D eigenvalue weighted by Crippen LogP contribution is -2.26. The van der Waals surface area contributed by atoms with E-state index in [1.165, 1.54) is 7.11 Å². The van der Waals surface area contributed by atoms with Crippen molar-refractivity contribution in [2.75, 3.05) is 7.11 Å². The van der Waals surface area contributed by atoms with Crippen LogP contribution >= 0.6 is 0 Å². The number of ether oxygens (including phenoxy) is 1. The number of benzene rings is 2. The molecule has 2 aliphatic carbocycles. The first kappa shape index (κ1) is 20.2. The topological polar surface area (TPSA) is 83.8 Å². The maximum Gasteiger partial charge on any atom is 0.202 e. The second-order valence-electron chi connectivity index (χ2n) is 8.13. The van der Waals surface area contributed by atoms with E-state index in [-0.39, 0.29) is 51.3 Å². The zero-order valence-electron chi connectivity index (χ0n) is 17.5. The smallest absolute Gasteiger partial charge is 0.202 e. The summed E-state index contributed by atoms with van der Waals surface area (Å²) in [5, 5.41) is 22.4. The number of phenolic OH excluding ortho intramolecular Hbond substituents is 2. The molecule has 0 amide bonds. The Morgan fingerprint density at radius 1 is 1.10 bits per heavy atom. The first-order valence-electron chi connectivity index (χ1n) is 10.4. The summed E-state index contributed by atoms with van der Waals surface area (Å²) < 4.78 is 5.30. The van der Waals surface area contributed by atoms with E-state index < -0.39 is 11.6 Å². The van der Waals surface area contributed by atoms with Gasteiger partial charge in [0.05, 0.1) is 23.8 Å². The number of carbonyl (C=O) groups is 2. The summed E-state index contributed by atoms with van der Waals surface area (Å²) in [7, 11) is 1.43. The van der Waals surface area contributed by atoms with Crippen LogP contribution in [0.5, 0.6) is 17.2 Å². The van der Waals surface area contributed by atoms with Gasteiger partial charge in [0, 0.05) is 16.7 Å². The van der Waals surface area contributed by atoms with Crippen LogP contribution in [0.15, 0.2) is 30.4 Å². The Bertz CT molecular complexity index is 1100. The molecule has 5 nitrogen and oxygen atoms in total. The number of rotatable bonds is 4. The van der Waals surface area contributed by atoms with Crippen LogP contribution in [0.25, 0.3) is 0 Å². The lowest BCUT2D eigenvalue weighted by atomic mass is 9.69. The van der Waals surface area contributed by atoms with Crippen LogP contribution in [0.4, 0.5) is 0 Å². The number of phenols is 2. The quantitative estimate of drug-likeness (QED) is 0.475. The van der Waals surface area contributed by atoms with Crippen LogP contribution in [0.1, 0.15) is 82.0 Å². The third kappa shape index (κ3) is 2.68. The van der Waals surface area contributed by atoms with Crippen molar-refractivity contribution in [1.82, 2.24) is 0 Å². The highest BCUT2D eigenvalue weighted by atomic mass is 16.5. The van der Waals surface area contributed by atoms with Gasteiger partial charge in [-0.3, -0.25) is 9.59 Å². The molecule has 30 heavy (non-hydrogen) atoms. The van der Waals surface area contributed by atoms with Crippen molar-refractivity contribution in [3.63, 3.8) is 0 Å². The molecule has 0 fully saturated rings. The summed E-state index contributed by atoms with van der Waals surface area (Å²) in [4.78, 5) is 26.7. The van der Waals surface area contributed by atoms with Crippen molar-refractivity contribution in [2.24, 2.45) is 5.92 Å². The number of aromatic hydroxyl groups is 2. The first-order chi connectivity index (χ1) is 14.3. The van der Waals surface area contributed by atoms with Crippen molar-refractivity contribution in [3.8, 4) is 17.2 Å². The van der Waals surface area contributed by atoms with Gasteiger partial charge in [-0.25, -0.2) is 0 Å². The van der Waals surface area contributed by atoms with Crippen LogP contribution in [0, 0.1) is 5.92 Å². The lowest BCUT2D eigenvalue weighted by Gasteiger charge is -2.35. The van der Waals surface area contributed by atoms with Gasteiger partial charge in [0.1, 0.15) is 17.2 Å². The number of hydrogen-bond acceptors (Lipinski definition) is 5. The number of hydrogen-bond donors (Lipinski definition) is 2. The molecule has 2 aromatic carbocycles. The highest BCUT2D eigenvalue weighted by Crippen LogP contribution is 2.52. The number of allylic oxidation sites excluding steroid dienone is 1. The fraction of sp³-hybridized carbons (Fsp3) is 0.360. The summed E-state index contributed by atoms with van der Waals surface area (Å²) in [5.74, 6) is -0.921. The van der Waals surface area contributed by atoms with Crippen molar-refractivity contribution in [1.29, 1.82) is 0 Å². The van der Waals surface area contributed by atoms with Crippen LogP contribution < -0.4 is 4.74 Å². The van der Waals surface area contributed by atoms with Gasteiger partial charge in [-0.15, -0.1) is 0 Å². The first-order valence-corrected chi connectivity index (χ1v) is 10.4. The van der Waals surface area contributed by atoms with E-state index in [2.05, 4.69) is 13.5 Å². The highest BCUT2D eigenvalue weighted by Gasteiger charge is 2.42. The summed E-state index contributed by atoms with van der Waals surface area (Å²) in [5.41, 5.74) is 2.35. The Labute approximate surface area is 176 Å². The average molecular weight is 406 g/mol. The average Bonchev–Trinajstić information content (AvgIpc) is 2.77. The predicted molar refractivity (Wildman–Crippen MR) is 114 cm³/mol. The summed E-state index contributed by atoms with van der Waals surface area (Å²) in [6.45, 7) is 8.25. The standard InChI is InChI=1S/C25H26O5/c1-5-12(3)14-10-13(6-2)18-16(11-14)23(27)20-21(24(18)28)25(29)19-15(22(20)26)8-7-9-17(19)30-4/h7-9,13-14,27-28H,3,5-6,10-11H2,1-2,4H3. The molecule has 156 valence electrons. The van der Waals surface area contributed by atoms with E-state index in [4.69, 9.17) is 4.74 Å². The zero-order valence-corrected chi connectivity index (χ0v) is 17.5. The lowest BCUT2D eigenvalue weighted by molar-refractivity contribution is 0.0971. The Morgan fingerprint density at radius 2 is 1.80 bits per heavy atom. The molecule has 0 radical (unpaired) electrons. The van der Waals surface area contributed by atoms with Gasteiger partial charge in [-0.1, -0.05) is 38.1 Å². The van der Waals surface area contributed by atoms with Crippen molar-refractivity contribution < 1.29 is 24.5 Å². The van der Waals surface area contributed by atoms with E-state index in [9.17, 15) is 19.8 Å². The number of carbonyl (C=O) groups excluding carboxylic acids is 2. The highest BCUT2D eigenvalue weighted by molar-refractivity contribution is 6.31. The van der Waals surface area contributed by atoms with E-state index in [0.29, 0.717) is 17.5 Å². The van der Waals surface area contributed by atoms with E-state index in [1.54, 1.807) is 18.2 Å². The third-order valence-corrected chi connectivity index (χ3v) is 6.71. The number of fused-ring (bicyclic) bond motifs is 3. The van der Waals surface area contributed by atoms with E-state index in [1.807, 2.05) is 6.92 Å². The number of methoxy groups -OCH3 is 1. The molecule has 0 aromatic heterocycles. The van der Waals surface area contributed by atoms with Gasteiger partial charge in [-0.05, 0) is 43.6 Å². The van der Waals surface area contributed by atoms with Gasteiger partial charge >= 0.3 is 0 Å². The third-order valence-electron chi connectivity index (χ3n) is 6.71. The molecule has 4 rings (SSSR count). The van der Waals surface area contributed by atoms with Crippen LogP contribution in [0.3, 0.4) is 0 Å². The molecule has 0 heterocycles. The van der Waals surface area contributed by atoms with Crippen molar-refractivity contribution >= 4 is 11.6 Å². The van der Waals surface area contributed by atoms with Crippen LogP contribution in [-0.2, 0) is 6.42 Å². The Kier molecular flexibility index (Phi) is 4.92. The van der Waals surface area contributed by atoms with E-state index >= 15 is 0 Å². The molecule has 0 saturated carbocycles. The summed E-state index contributed by atoms with van der Waals surface area (Å²) >= 11 is 0. The van der Waals surface area contributed by atoms with Crippen LogP contribution in [0.2, 0.25) is 0 Å². The molecule has 0 saturated heterocycles. The largest absolute Gasteiger partial charge is 0.507 e. The zero-order chi connectivity index (χ0) is 21.7. The fourth-order valence-corrected chi connectivity index (χ4v) is 5.03. The Balaban J connectivity index is 2.00. The Morgan fingerprint density at radius 3 is 2.43 bits per heavy atom. The summed E-state index contributed by atoms with van der Waals surface area (Å²) in [6.07, 6.45) is 2.87. The van der Waals surface area contributed by atoms with Gasteiger partial charge in [-0.2, -0.15) is 0 Å². The van der Waals surface area contributed by atoms with Crippen LogP contribution in [-0.4, -0.2) is 28.9 Å². The van der Waals surface area contributed by atoms with Gasteiger partial charge in [0.25, 0.3) is 0 Å². The molecule has 2 aromatic rings. The second-order valence-corrected chi connectivity index (χ2v) is 8.13. The molecule has 0 bridgehead atoms. The van der Waals surface area contributed by atoms with E-state index in [0.717, 1.165) is 24.8 Å². The van der Waals surface area contributed by atoms with Crippen molar-refractivity contribution in [2.45, 2.75) is 45.4 Å². The molecule has 2 atom stereocenters. The predicted octanol–water partition coefficient (Wildman–Crippen LogP) is 4.90. The minimum atomic E-state index is -0.498. The SMILES string of the molecule is C=C(CC)C1Cc2c(O)c3c(c(O)c2C(CC)C1)C(=O)c1c(OC)cccc1C3=O. The molecular weight excluding hydrogens is 380 g/mol. The minimum absolute atomic E-state index is 0.0276. The van der Waals surface area contributed by atoms with Gasteiger partial charge in [0.15, 0.2) is 5.78 Å². The molecule has 0 spiro atoms. The molecule has 0 aliphatic heterocycles. The maximum atomic E-state index is 13.4. The minimum Gasteiger partial charge on any atom is -0.507 e. The van der Waals surface area contributed by atoms with Gasteiger partial charge in [0.2, 0.25) is 5.78 Å². The maximum absolute atomic E-state index is 13.4. The number of ketones is 2. The second kappa shape index (κ2) is 7.31. The molecule has 2 unspecified atom stereocenters. The fourth-order valence-electron chi connectivity index (χ4n) is 5.03. The monoisotopic (exact) mass is 406 g/mol. The Hall–Kier alpha value is -3.08. The molecule has 2 aliphatic rings. The summed E-state index contributed by atoms with van der Waals surface area (Å²) in [6, 6.07) is 4.80. The van der Waals surface area contributed by atoms with Gasteiger partial charge < -0.3 is 14.9 Å². The molecular formula is C25H26O5. The van der Waals surface area contributed by atoms with Crippen molar-refractivity contribution in [3.05, 3.63) is 63.7 Å². The molecule has 5 heteroatoms. The normalized spacial score (nSPS) is 19.7.